The highest BCUT2D eigenvalue weighted by Gasteiger charge is 2.22. The smallest absolute Gasteiger partial charge is 0.322 e. The van der Waals surface area contributed by atoms with Gasteiger partial charge in [-0.2, -0.15) is 4.98 Å². The van der Waals surface area contributed by atoms with Crippen LogP contribution >= 0.6 is 11.8 Å². The highest BCUT2D eigenvalue weighted by Crippen LogP contribution is 2.32. The van der Waals surface area contributed by atoms with Crippen molar-refractivity contribution in [3.63, 3.8) is 0 Å². The average Bonchev–Trinajstić information content (AvgIpc) is 2.99. The molecule has 6 heteroatoms. The van der Waals surface area contributed by atoms with Crippen LogP contribution in [-0.2, 0) is 23.3 Å². The van der Waals surface area contributed by atoms with Crippen molar-refractivity contribution in [3.8, 4) is 0 Å². The van der Waals surface area contributed by atoms with Crippen LogP contribution in [0.15, 0.2) is 46.6 Å². The molecule has 0 fully saturated rings. The van der Waals surface area contributed by atoms with Crippen LogP contribution in [-0.4, -0.2) is 25.3 Å². The minimum absolute atomic E-state index is 0.420. The molecule has 0 amide bonds. The van der Waals surface area contributed by atoms with E-state index >= 15 is 0 Å². The predicted molar refractivity (Wildman–Crippen MR) is 89.5 cm³/mol. The largest absolute Gasteiger partial charge is 0.609 e. The van der Waals surface area contributed by atoms with Crippen LogP contribution < -0.4 is 0 Å². The molecule has 0 saturated carbocycles. The van der Waals surface area contributed by atoms with Gasteiger partial charge in [0.05, 0.1) is 16.7 Å². The number of fused-ring (bicyclic) bond motifs is 2. The van der Waals surface area contributed by atoms with Gasteiger partial charge in [-0.1, -0.05) is 12.1 Å². The molecule has 0 bridgehead atoms. The zero-order valence-electron chi connectivity index (χ0n) is 11.9. The summed E-state index contributed by atoms with van der Waals surface area (Å²) in [5.74, 6) is 1.58. The van der Waals surface area contributed by atoms with Crippen LogP contribution in [0.1, 0.15) is 17.7 Å². The summed E-state index contributed by atoms with van der Waals surface area (Å²) in [4.78, 5) is 13.3. The van der Waals surface area contributed by atoms with Crippen molar-refractivity contribution in [2.45, 2.75) is 28.6 Å². The molecule has 1 aromatic carbocycles. The molecule has 1 unspecified atom stereocenters. The second-order valence-electron chi connectivity index (χ2n) is 5.24. The number of hydrogen-bond acceptors (Lipinski definition) is 4. The summed E-state index contributed by atoms with van der Waals surface area (Å²) in [5, 5.41) is 0.532. The number of pyridine rings is 1. The Labute approximate surface area is 135 Å². The maximum atomic E-state index is 12.6. The SMILES string of the molecule is [O-][S+](Cc1nccc2c1CCCS2)c1nc2ccccc2[nH]1. The van der Waals surface area contributed by atoms with Crippen molar-refractivity contribution >= 4 is 34.0 Å². The van der Waals surface area contributed by atoms with Gasteiger partial charge in [-0.15, -0.1) is 11.8 Å². The van der Waals surface area contributed by atoms with E-state index in [1.807, 2.05) is 42.2 Å². The Morgan fingerprint density at radius 1 is 1.27 bits per heavy atom. The lowest BCUT2D eigenvalue weighted by Gasteiger charge is -2.18. The molecule has 0 aliphatic carbocycles. The number of benzene rings is 1. The lowest BCUT2D eigenvalue weighted by atomic mass is 10.1. The Morgan fingerprint density at radius 3 is 3.09 bits per heavy atom. The van der Waals surface area contributed by atoms with Crippen molar-refractivity contribution in [2.75, 3.05) is 5.75 Å². The number of nitrogens with one attached hydrogen (secondary N) is 1. The van der Waals surface area contributed by atoms with E-state index < -0.39 is 11.2 Å². The summed E-state index contributed by atoms with van der Waals surface area (Å²) in [6.07, 6.45) is 4.01. The molecular formula is C16H15N3OS2. The maximum Gasteiger partial charge on any atom is 0.322 e. The average molecular weight is 329 g/mol. The fourth-order valence-corrected chi connectivity index (χ4v) is 4.82. The molecule has 1 aliphatic rings. The number of aromatic nitrogens is 3. The lowest BCUT2D eigenvalue weighted by molar-refractivity contribution is 0.586. The quantitative estimate of drug-likeness (QED) is 0.749. The molecule has 3 aromatic rings. The topological polar surface area (TPSA) is 64.6 Å². The number of imidazole rings is 1. The number of H-pyrrole nitrogens is 1. The molecule has 3 heterocycles. The summed E-state index contributed by atoms with van der Waals surface area (Å²) in [6.45, 7) is 0. The van der Waals surface area contributed by atoms with Crippen molar-refractivity contribution in [2.24, 2.45) is 0 Å². The first-order chi connectivity index (χ1) is 10.8. The molecule has 4 nitrogen and oxygen atoms in total. The molecule has 1 atom stereocenters. The van der Waals surface area contributed by atoms with Gasteiger partial charge in [0.25, 0.3) is 0 Å². The normalized spacial score (nSPS) is 15.7. The van der Waals surface area contributed by atoms with Crippen molar-refractivity contribution in [3.05, 3.63) is 47.8 Å². The zero-order valence-corrected chi connectivity index (χ0v) is 13.5. The number of hydrogen-bond donors (Lipinski definition) is 1. The fraction of sp³-hybridized carbons (Fsp3) is 0.250. The van der Waals surface area contributed by atoms with Crippen LogP contribution in [0.5, 0.6) is 0 Å². The first-order valence-corrected chi connectivity index (χ1v) is 9.54. The number of nitrogens with zero attached hydrogens (tertiary/aromatic N) is 2. The molecule has 22 heavy (non-hydrogen) atoms. The monoisotopic (exact) mass is 329 g/mol. The summed E-state index contributed by atoms with van der Waals surface area (Å²) in [6, 6.07) is 9.81. The molecule has 2 aromatic heterocycles. The van der Waals surface area contributed by atoms with Gasteiger partial charge < -0.3 is 4.55 Å². The number of rotatable bonds is 3. The van der Waals surface area contributed by atoms with Gasteiger partial charge in [-0.3, -0.25) is 9.97 Å². The van der Waals surface area contributed by atoms with E-state index in [0.717, 1.165) is 35.3 Å². The van der Waals surface area contributed by atoms with Gasteiger partial charge in [0.15, 0.2) is 5.75 Å². The molecule has 112 valence electrons. The first-order valence-electron chi connectivity index (χ1n) is 7.24. The van der Waals surface area contributed by atoms with E-state index in [1.165, 1.54) is 10.5 Å². The molecule has 0 radical (unpaired) electrons. The van der Waals surface area contributed by atoms with Gasteiger partial charge in [0.1, 0.15) is 0 Å². The highest BCUT2D eigenvalue weighted by atomic mass is 32.2. The van der Waals surface area contributed by atoms with E-state index in [0.29, 0.717) is 10.9 Å². The van der Waals surface area contributed by atoms with Gasteiger partial charge in [-0.25, -0.2) is 0 Å². The number of thioether (sulfide) groups is 1. The first kappa shape index (κ1) is 14.1. The Balaban J connectivity index is 1.63. The molecule has 1 aliphatic heterocycles. The third-order valence-electron chi connectivity index (χ3n) is 3.78. The molecule has 0 spiro atoms. The van der Waals surface area contributed by atoms with Crippen LogP contribution in [0.25, 0.3) is 11.0 Å². The van der Waals surface area contributed by atoms with Gasteiger partial charge in [-0.05, 0) is 42.4 Å². The summed E-state index contributed by atoms with van der Waals surface area (Å²) in [7, 11) is 0. The van der Waals surface area contributed by atoms with Gasteiger partial charge in [0, 0.05) is 22.3 Å². The predicted octanol–water partition coefficient (Wildman–Crippen LogP) is 3.30. The Bertz CT molecular complexity index is 785. The third kappa shape index (κ3) is 2.62. The Hall–Kier alpha value is -1.50. The van der Waals surface area contributed by atoms with Gasteiger partial charge in [0.2, 0.25) is 0 Å². The molecular weight excluding hydrogens is 314 g/mol. The van der Waals surface area contributed by atoms with Crippen molar-refractivity contribution < 1.29 is 4.55 Å². The number of para-hydroxylation sites is 2. The minimum Gasteiger partial charge on any atom is -0.609 e. The molecule has 4 rings (SSSR count). The van der Waals surface area contributed by atoms with E-state index in [9.17, 15) is 4.55 Å². The van der Waals surface area contributed by atoms with E-state index in [-0.39, 0.29) is 0 Å². The van der Waals surface area contributed by atoms with E-state index in [2.05, 4.69) is 21.0 Å². The van der Waals surface area contributed by atoms with E-state index in [4.69, 9.17) is 0 Å². The third-order valence-corrected chi connectivity index (χ3v) is 6.13. The summed E-state index contributed by atoms with van der Waals surface area (Å²) < 4.78 is 12.6. The standard InChI is InChI=1S/C16H15N3OS2/c20-22(16-18-12-5-1-2-6-13(12)19-16)10-14-11-4-3-9-21-15(11)7-8-17-14/h1-2,5-8H,3-4,9-10H2,(H,18,19). The molecule has 0 saturated heterocycles. The van der Waals surface area contributed by atoms with Crippen LogP contribution in [0, 0.1) is 0 Å². The maximum absolute atomic E-state index is 12.6. The zero-order chi connectivity index (χ0) is 14.9. The second-order valence-corrected chi connectivity index (χ2v) is 7.74. The summed E-state index contributed by atoms with van der Waals surface area (Å²) >= 11 is 0.664. The fourth-order valence-electron chi connectivity index (χ4n) is 2.70. The van der Waals surface area contributed by atoms with Crippen molar-refractivity contribution in [1.82, 2.24) is 15.0 Å². The number of aromatic amines is 1. The highest BCUT2D eigenvalue weighted by molar-refractivity contribution is 7.99. The minimum atomic E-state index is -1.20. The van der Waals surface area contributed by atoms with Gasteiger partial charge >= 0.3 is 5.16 Å². The van der Waals surface area contributed by atoms with Crippen LogP contribution in [0.3, 0.4) is 0 Å². The Morgan fingerprint density at radius 2 is 2.18 bits per heavy atom. The van der Waals surface area contributed by atoms with Crippen LogP contribution in [0.4, 0.5) is 0 Å². The lowest BCUT2D eigenvalue weighted by Crippen LogP contribution is -2.12. The van der Waals surface area contributed by atoms with Crippen LogP contribution in [0.2, 0.25) is 0 Å². The summed E-state index contributed by atoms with van der Waals surface area (Å²) in [5.41, 5.74) is 3.99. The van der Waals surface area contributed by atoms with E-state index in [1.54, 1.807) is 0 Å². The van der Waals surface area contributed by atoms with Crippen molar-refractivity contribution in [1.29, 1.82) is 0 Å². The molecule has 1 N–H and O–H groups in total. The second kappa shape index (κ2) is 5.95. The Kier molecular flexibility index (Phi) is 3.82.